The summed E-state index contributed by atoms with van der Waals surface area (Å²) in [7, 11) is 0. The minimum atomic E-state index is -0.883. The van der Waals surface area contributed by atoms with Crippen molar-refractivity contribution >= 4 is 16.9 Å². The lowest BCUT2D eigenvalue weighted by Gasteiger charge is -2.14. The van der Waals surface area contributed by atoms with Gasteiger partial charge in [0.05, 0.1) is 16.6 Å². The van der Waals surface area contributed by atoms with E-state index in [-0.39, 0.29) is 18.6 Å². The van der Waals surface area contributed by atoms with Gasteiger partial charge in [-0.15, -0.1) is 0 Å². The predicted octanol–water partition coefficient (Wildman–Crippen LogP) is 3.47. The van der Waals surface area contributed by atoms with Crippen molar-refractivity contribution in [2.24, 2.45) is 0 Å². The molecular formula is C23H20FN3O5. The number of benzene rings is 2. The Bertz CT molecular complexity index is 1330. The van der Waals surface area contributed by atoms with E-state index in [0.717, 1.165) is 0 Å². The van der Waals surface area contributed by atoms with Crippen molar-refractivity contribution in [3.8, 4) is 16.9 Å². The lowest BCUT2D eigenvalue weighted by molar-refractivity contribution is -0.137. The van der Waals surface area contributed by atoms with Gasteiger partial charge in [-0.05, 0) is 49.2 Å². The van der Waals surface area contributed by atoms with Gasteiger partial charge in [-0.3, -0.25) is 14.2 Å². The molecule has 0 fully saturated rings. The number of nitrogens with zero attached hydrogens (tertiary/aromatic N) is 3. The average Bonchev–Trinajstić information content (AvgIpc) is 3.27. The maximum absolute atomic E-state index is 13.4. The van der Waals surface area contributed by atoms with Crippen molar-refractivity contribution in [1.82, 2.24) is 14.7 Å². The molecule has 0 saturated carbocycles. The van der Waals surface area contributed by atoms with Crippen LogP contribution < -0.4 is 5.56 Å². The summed E-state index contributed by atoms with van der Waals surface area (Å²) >= 11 is 0. The molecule has 0 saturated heterocycles. The number of unbranched alkanes of at least 4 members (excludes halogenated alkanes) is 1. The van der Waals surface area contributed by atoms with Crippen LogP contribution in [0.25, 0.3) is 27.8 Å². The van der Waals surface area contributed by atoms with E-state index in [2.05, 4.69) is 10.1 Å². The van der Waals surface area contributed by atoms with Crippen LogP contribution in [0.1, 0.15) is 30.8 Å². The second-order valence-electron chi connectivity index (χ2n) is 7.31. The molecule has 0 unspecified atom stereocenters. The van der Waals surface area contributed by atoms with Crippen molar-refractivity contribution in [3.05, 3.63) is 76.3 Å². The van der Waals surface area contributed by atoms with Gasteiger partial charge >= 0.3 is 5.97 Å². The number of aliphatic hydroxyl groups is 1. The zero-order valence-electron chi connectivity index (χ0n) is 17.0. The number of hydrogen-bond donors (Lipinski definition) is 2. The number of aliphatic hydroxyl groups excluding tert-OH is 1. The lowest BCUT2D eigenvalue weighted by Crippen LogP contribution is -2.24. The fourth-order valence-corrected chi connectivity index (χ4v) is 3.50. The first-order chi connectivity index (χ1) is 15.5. The number of hydrogen-bond acceptors (Lipinski definition) is 6. The summed E-state index contributed by atoms with van der Waals surface area (Å²) in [6.07, 6.45) is 1.36. The Hall–Kier alpha value is -3.85. The van der Waals surface area contributed by atoms with E-state index in [1.54, 1.807) is 24.3 Å². The van der Waals surface area contributed by atoms with E-state index in [1.807, 2.05) is 0 Å². The van der Waals surface area contributed by atoms with Crippen molar-refractivity contribution < 1.29 is 23.9 Å². The minimum Gasteiger partial charge on any atom is -0.481 e. The van der Waals surface area contributed by atoms with Crippen molar-refractivity contribution in [2.75, 3.05) is 0 Å². The number of carboxylic acids is 1. The second kappa shape index (κ2) is 9.11. The highest BCUT2D eigenvalue weighted by Gasteiger charge is 2.15. The summed E-state index contributed by atoms with van der Waals surface area (Å²) in [4.78, 5) is 28.8. The van der Waals surface area contributed by atoms with Crippen LogP contribution in [0.4, 0.5) is 4.39 Å². The first kappa shape index (κ1) is 21.4. The van der Waals surface area contributed by atoms with Crippen molar-refractivity contribution in [3.63, 3.8) is 0 Å². The number of aryl methyl sites for hydroxylation is 1. The summed E-state index contributed by atoms with van der Waals surface area (Å²) in [6, 6.07) is 12.2. The van der Waals surface area contributed by atoms with E-state index in [1.165, 1.54) is 28.8 Å². The topological polar surface area (TPSA) is 118 Å². The number of carboxylic acid groups (broad SMARTS) is 1. The van der Waals surface area contributed by atoms with Crippen LogP contribution >= 0.6 is 0 Å². The zero-order chi connectivity index (χ0) is 22.7. The fraction of sp³-hybridized carbons (Fsp3) is 0.217. The van der Waals surface area contributed by atoms with E-state index < -0.39 is 11.8 Å². The Labute approximate surface area is 181 Å². The summed E-state index contributed by atoms with van der Waals surface area (Å²) in [5.74, 6) is -0.531. The Kier molecular flexibility index (Phi) is 6.09. The molecule has 32 heavy (non-hydrogen) atoms. The van der Waals surface area contributed by atoms with Gasteiger partial charge < -0.3 is 14.7 Å². The Morgan fingerprint density at radius 2 is 1.88 bits per heavy atom. The van der Waals surface area contributed by atoms with E-state index >= 15 is 0 Å². The Morgan fingerprint density at radius 3 is 2.56 bits per heavy atom. The highest BCUT2D eigenvalue weighted by atomic mass is 19.1. The molecule has 164 valence electrons. The van der Waals surface area contributed by atoms with Crippen molar-refractivity contribution in [1.29, 1.82) is 0 Å². The molecule has 0 radical (unpaired) electrons. The predicted molar refractivity (Wildman–Crippen MR) is 114 cm³/mol. The summed E-state index contributed by atoms with van der Waals surface area (Å²) in [6.45, 7) is -0.276. The third-order valence-electron chi connectivity index (χ3n) is 5.08. The molecule has 4 rings (SSSR count). The monoisotopic (exact) mass is 437 g/mol. The smallest absolute Gasteiger partial charge is 0.303 e. The molecule has 8 nitrogen and oxygen atoms in total. The number of carbonyl (C=O) groups is 1. The van der Waals surface area contributed by atoms with Gasteiger partial charge in [0.2, 0.25) is 0 Å². The number of aliphatic carboxylic acids is 1. The zero-order valence-corrected chi connectivity index (χ0v) is 17.0. The largest absolute Gasteiger partial charge is 0.481 e. The molecule has 2 aromatic heterocycles. The lowest BCUT2D eigenvalue weighted by atomic mass is 10.1. The van der Waals surface area contributed by atoms with Crippen LogP contribution in [0.15, 0.2) is 57.8 Å². The van der Waals surface area contributed by atoms with Gasteiger partial charge in [0, 0.05) is 24.5 Å². The van der Waals surface area contributed by atoms with Crippen molar-refractivity contribution in [2.45, 2.75) is 32.3 Å². The highest BCUT2D eigenvalue weighted by Crippen LogP contribution is 2.23. The van der Waals surface area contributed by atoms with Gasteiger partial charge in [0.1, 0.15) is 23.9 Å². The third kappa shape index (κ3) is 4.42. The quantitative estimate of drug-likeness (QED) is 0.405. The molecule has 0 aliphatic rings. The highest BCUT2D eigenvalue weighted by molar-refractivity contribution is 5.83. The van der Waals surface area contributed by atoms with Gasteiger partial charge in [-0.1, -0.05) is 11.2 Å². The molecule has 0 atom stereocenters. The standard InChI is InChI=1S/C23H20FN3O5/c24-15-6-8-16(9-7-15)27-21(3-1-2-4-22(29)30)25-20-11-14(5-10-18(20)23(27)31)19-12-17(13-28)32-26-19/h5-12,28H,1-4,13H2,(H,29,30). The van der Waals surface area contributed by atoms with Gasteiger partial charge in [0.15, 0.2) is 5.76 Å². The maximum atomic E-state index is 13.4. The first-order valence-electron chi connectivity index (χ1n) is 10.1. The number of aromatic nitrogens is 3. The Morgan fingerprint density at radius 1 is 1.09 bits per heavy atom. The number of fused-ring (bicyclic) bond motifs is 1. The maximum Gasteiger partial charge on any atom is 0.303 e. The van der Waals surface area contributed by atoms with Crippen LogP contribution in [0.5, 0.6) is 0 Å². The van der Waals surface area contributed by atoms with Gasteiger partial charge in [0.25, 0.3) is 5.56 Å². The van der Waals surface area contributed by atoms with Crippen LogP contribution in [0.3, 0.4) is 0 Å². The first-order valence-corrected chi connectivity index (χ1v) is 10.1. The number of halogens is 1. The molecule has 2 heterocycles. The van der Waals surface area contributed by atoms with E-state index in [0.29, 0.717) is 58.7 Å². The fourth-order valence-electron chi connectivity index (χ4n) is 3.50. The Balaban J connectivity index is 1.80. The third-order valence-corrected chi connectivity index (χ3v) is 5.08. The summed E-state index contributed by atoms with van der Waals surface area (Å²) in [5.41, 5.74) is 1.80. The molecule has 2 aromatic carbocycles. The molecule has 0 bridgehead atoms. The summed E-state index contributed by atoms with van der Waals surface area (Å²) in [5, 5.41) is 22.4. The van der Waals surface area contributed by atoms with Crippen LogP contribution in [0.2, 0.25) is 0 Å². The average molecular weight is 437 g/mol. The molecular weight excluding hydrogens is 417 g/mol. The molecule has 9 heteroatoms. The van der Waals surface area contributed by atoms with Crippen LogP contribution in [-0.4, -0.2) is 30.9 Å². The molecule has 0 spiro atoms. The molecule has 0 amide bonds. The number of rotatable bonds is 8. The molecule has 2 N–H and O–H groups in total. The van der Waals surface area contributed by atoms with Crippen LogP contribution in [0, 0.1) is 5.82 Å². The van der Waals surface area contributed by atoms with E-state index in [4.69, 9.17) is 9.63 Å². The molecule has 4 aromatic rings. The summed E-state index contributed by atoms with van der Waals surface area (Å²) < 4.78 is 19.9. The minimum absolute atomic E-state index is 0.0257. The second-order valence-corrected chi connectivity index (χ2v) is 7.31. The van der Waals surface area contributed by atoms with Gasteiger partial charge in [-0.25, -0.2) is 9.37 Å². The van der Waals surface area contributed by atoms with Crippen LogP contribution in [-0.2, 0) is 17.8 Å². The molecule has 0 aliphatic carbocycles. The SMILES string of the molecule is O=C(O)CCCCc1nc2cc(-c3cc(CO)on3)ccc2c(=O)n1-c1ccc(F)cc1. The van der Waals surface area contributed by atoms with E-state index in [9.17, 15) is 19.1 Å². The van der Waals surface area contributed by atoms with Gasteiger partial charge in [-0.2, -0.15) is 0 Å². The normalized spacial score (nSPS) is 11.2. The molecule has 0 aliphatic heterocycles.